The minimum absolute atomic E-state index is 0.165. The molecule has 1 spiro atoms. The Labute approximate surface area is 159 Å². The molecule has 0 aromatic carbocycles. The number of rotatable bonds is 0. The monoisotopic (exact) mass is 372 g/mol. The number of hydrogen-bond donors (Lipinski definition) is 3. The molecule has 7 heteroatoms. The van der Waals surface area contributed by atoms with E-state index in [1.54, 1.807) is 6.07 Å². The maximum atomic E-state index is 10.3. The second-order valence-electron chi connectivity index (χ2n) is 7.08. The van der Waals surface area contributed by atoms with Crippen LogP contribution in [0.3, 0.4) is 0 Å². The Morgan fingerprint density at radius 1 is 1.04 bits per heavy atom. The molecule has 5 aliphatic heterocycles. The summed E-state index contributed by atoms with van der Waals surface area (Å²) >= 11 is 0. The molecule has 1 fully saturated rings. The second kappa shape index (κ2) is 5.54. The zero-order valence-corrected chi connectivity index (χ0v) is 14.7. The van der Waals surface area contributed by atoms with Crippen LogP contribution in [0.1, 0.15) is 0 Å². The highest BCUT2D eigenvalue weighted by Crippen LogP contribution is 2.34. The van der Waals surface area contributed by atoms with E-state index in [2.05, 4.69) is 20.3 Å². The van der Waals surface area contributed by atoms with Crippen LogP contribution < -0.4 is 16.0 Å². The molecule has 138 valence electrons. The fourth-order valence-corrected chi connectivity index (χ4v) is 3.83. The minimum atomic E-state index is -0.795. The van der Waals surface area contributed by atoms with Gasteiger partial charge in [-0.15, -0.1) is 0 Å². The van der Waals surface area contributed by atoms with E-state index in [1.165, 1.54) is 0 Å². The summed E-state index contributed by atoms with van der Waals surface area (Å²) in [5, 5.41) is 15.0. The highest BCUT2D eigenvalue weighted by molar-refractivity contribution is 6.20. The third-order valence-corrected chi connectivity index (χ3v) is 5.11. The van der Waals surface area contributed by atoms with Gasteiger partial charge in [-0.3, -0.25) is 0 Å². The number of ether oxygens (including phenoxy) is 2. The highest BCUT2D eigenvalue weighted by atomic mass is 16.7. The summed E-state index contributed by atoms with van der Waals surface area (Å²) in [5.41, 5.74) is 3.23. The number of nitrogens with one attached hydrogen (secondary N) is 2. The molecule has 6 rings (SSSR count). The van der Waals surface area contributed by atoms with Crippen molar-refractivity contribution in [3.05, 3.63) is 76.4 Å². The minimum Gasteiger partial charge on any atom is -0.506 e. The van der Waals surface area contributed by atoms with Gasteiger partial charge in [0.15, 0.2) is 12.5 Å². The SMILES string of the molecule is Oc1cc2[nH]c1=CC1=NC(=CC3=NC(=CC45NC(=CC4OCO5)C=2)C=C3)C=C1. The van der Waals surface area contributed by atoms with Crippen LogP contribution in [0.5, 0.6) is 5.75 Å². The lowest BCUT2D eigenvalue weighted by Gasteiger charge is -2.24. The van der Waals surface area contributed by atoms with Gasteiger partial charge in [0, 0.05) is 17.1 Å². The van der Waals surface area contributed by atoms with Crippen molar-refractivity contribution in [2.75, 3.05) is 6.79 Å². The molecule has 0 aliphatic carbocycles. The van der Waals surface area contributed by atoms with Crippen LogP contribution in [0.15, 0.2) is 75.7 Å². The van der Waals surface area contributed by atoms with Gasteiger partial charge in [0.25, 0.3) is 0 Å². The van der Waals surface area contributed by atoms with Crippen molar-refractivity contribution in [3.8, 4) is 5.75 Å². The first kappa shape index (κ1) is 15.6. The van der Waals surface area contributed by atoms with Crippen molar-refractivity contribution in [2.24, 2.45) is 9.98 Å². The predicted molar refractivity (Wildman–Crippen MR) is 105 cm³/mol. The number of H-pyrrole nitrogens is 1. The van der Waals surface area contributed by atoms with Gasteiger partial charge >= 0.3 is 0 Å². The molecule has 7 nitrogen and oxygen atoms in total. The molecular weight excluding hydrogens is 356 g/mol. The van der Waals surface area contributed by atoms with E-state index in [9.17, 15) is 5.11 Å². The first-order valence-electron chi connectivity index (χ1n) is 9.00. The van der Waals surface area contributed by atoms with Crippen LogP contribution in [-0.4, -0.2) is 40.1 Å². The van der Waals surface area contributed by atoms with Gasteiger partial charge in [-0.2, -0.15) is 0 Å². The molecule has 1 aromatic rings. The van der Waals surface area contributed by atoms with Crippen molar-refractivity contribution in [3.63, 3.8) is 0 Å². The molecule has 0 saturated carbocycles. The summed E-state index contributed by atoms with van der Waals surface area (Å²) in [6.45, 7) is 0.209. The van der Waals surface area contributed by atoms with Gasteiger partial charge in [-0.1, -0.05) is 0 Å². The lowest BCUT2D eigenvalue weighted by molar-refractivity contribution is 0.00623. The van der Waals surface area contributed by atoms with Crippen LogP contribution >= 0.6 is 0 Å². The quantitative estimate of drug-likeness (QED) is 0.623. The summed E-state index contributed by atoms with van der Waals surface area (Å²) in [4.78, 5) is 12.4. The lowest BCUT2D eigenvalue weighted by Crippen LogP contribution is -2.45. The fourth-order valence-electron chi connectivity index (χ4n) is 3.83. The maximum absolute atomic E-state index is 10.3. The standard InChI is InChI=1S/C21H16N4O3/c26-19-8-16-6-17-9-20-21(25-17,28-11-27-20)10-15-4-3-13(23-15)5-12-1-2-14(22-12)7-18(19)24-16/h1-10,20,24-26H,11H2. The number of aromatic amines is 1. The van der Waals surface area contributed by atoms with Gasteiger partial charge < -0.3 is 24.9 Å². The van der Waals surface area contributed by atoms with E-state index < -0.39 is 5.72 Å². The van der Waals surface area contributed by atoms with Gasteiger partial charge in [0.1, 0.15) is 11.9 Å². The molecule has 1 saturated heterocycles. The largest absolute Gasteiger partial charge is 0.506 e. The van der Waals surface area contributed by atoms with E-state index in [0.29, 0.717) is 5.35 Å². The number of fused-ring (bicyclic) bond motifs is 5. The summed E-state index contributed by atoms with van der Waals surface area (Å²) in [6, 6.07) is 1.68. The number of hydrogen-bond acceptors (Lipinski definition) is 6. The average Bonchev–Trinajstić information content (AvgIpc) is 3.42. The Morgan fingerprint density at radius 2 is 1.86 bits per heavy atom. The molecule has 1 aromatic heterocycles. The average molecular weight is 372 g/mol. The third-order valence-electron chi connectivity index (χ3n) is 5.11. The van der Waals surface area contributed by atoms with Crippen molar-refractivity contribution in [2.45, 2.75) is 11.8 Å². The zero-order valence-electron chi connectivity index (χ0n) is 14.7. The summed E-state index contributed by atoms with van der Waals surface area (Å²) < 4.78 is 11.6. The number of aromatic hydroxyl groups is 1. The first-order chi connectivity index (χ1) is 13.6. The van der Waals surface area contributed by atoms with Gasteiger partial charge in [-0.05, 0) is 54.7 Å². The summed E-state index contributed by atoms with van der Waals surface area (Å²) in [7, 11) is 0. The van der Waals surface area contributed by atoms with Crippen molar-refractivity contribution in [1.29, 1.82) is 0 Å². The predicted octanol–water partition coefficient (Wildman–Crippen LogP) is 0.641. The van der Waals surface area contributed by atoms with Crippen molar-refractivity contribution < 1.29 is 14.6 Å². The van der Waals surface area contributed by atoms with E-state index in [0.717, 1.165) is 33.9 Å². The highest BCUT2D eigenvalue weighted by Gasteiger charge is 2.47. The number of allylic oxidation sites excluding steroid dienone is 6. The zero-order chi connectivity index (χ0) is 18.7. The molecule has 0 radical (unpaired) electrons. The second-order valence-corrected chi connectivity index (χ2v) is 7.08. The molecular formula is C21H16N4O3. The van der Waals surface area contributed by atoms with Gasteiger partial charge in [0.05, 0.1) is 28.2 Å². The van der Waals surface area contributed by atoms with Crippen molar-refractivity contribution >= 4 is 23.6 Å². The van der Waals surface area contributed by atoms with Crippen LogP contribution in [0.4, 0.5) is 0 Å². The van der Waals surface area contributed by atoms with Crippen LogP contribution in [0.2, 0.25) is 0 Å². The summed E-state index contributed by atoms with van der Waals surface area (Å²) in [6.07, 6.45) is 17.0. The van der Waals surface area contributed by atoms with Crippen LogP contribution in [-0.2, 0) is 9.47 Å². The Hall–Kier alpha value is -3.42. The lowest BCUT2D eigenvalue weighted by atomic mass is 10.1. The van der Waals surface area contributed by atoms with E-state index >= 15 is 0 Å². The third kappa shape index (κ3) is 2.45. The molecule has 2 unspecified atom stereocenters. The summed E-state index contributed by atoms with van der Waals surface area (Å²) in [5.74, 6) is 0.165. The smallest absolute Gasteiger partial charge is 0.193 e. The van der Waals surface area contributed by atoms with E-state index in [1.807, 2.05) is 54.7 Å². The Kier molecular flexibility index (Phi) is 3.09. The molecule has 2 atom stereocenters. The Bertz CT molecular complexity index is 1240. The van der Waals surface area contributed by atoms with Gasteiger partial charge in [-0.25, -0.2) is 9.98 Å². The first-order valence-corrected chi connectivity index (χ1v) is 9.00. The number of aromatic nitrogens is 1. The molecule has 0 amide bonds. The Morgan fingerprint density at radius 3 is 2.79 bits per heavy atom. The molecule has 5 aliphatic rings. The maximum Gasteiger partial charge on any atom is 0.193 e. The van der Waals surface area contributed by atoms with Crippen molar-refractivity contribution in [1.82, 2.24) is 10.3 Å². The number of nitrogens with zero attached hydrogens (tertiary/aromatic N) is 2. The molecule has 8 bridgehead atoms. The number of aliphatic imine (C=N–C) groups is 2. The van der Waals surface area contributed by atoms with Gasteiger partial charge in [0.2, 0.25) is 0 Å². The van der Waals surface area contributed by atoms with E-state index in [4.69, 9.17) is 9.47 Å². The fraction of sp³-hybridized carbons (Fsp3) is 0.143. The van der Waals surface area contributed by atoms with Crippen LogP contribution in [0, 0.1) is 0 Å². The topological polar surface area (TPSA) is 91.2 Å². The van der Waals surface area contributed by atoms with Crippen LogP contribution in [0.25, 0.3) is 12.2 Å². The molecule has 3 N–H and O–H groups in total. The normalized spacial score (nSPS) is 29.1. The van der Waals surface area contributed by atoms with E-state index in [-0.39, 0.29) is 18.6 Å². The molecule has 6 heterocycles. The molecule has 28 heavy (non-hydrogen) atoms. The Balaban J connectivity index is 1.56.